The van der Waals surface area contributed by atoms with Gasteiger partial charge >= 0.3 is 0 Å². The van der Waals surface area contributed by atoms with Crippen LogP contribution in [0.3, 0.4) is 0 Å². The molecule has 0 aliphatic carbocycles. The number of amides is 1. The molecule has 0 spiro atoms. The summed E-state index contributed by atoms with van der Waals surface area (Å²) < 4.78 is 27.6. The highest BCUT2D eigenvalue weighted by Crippen LogP contribution is 2.37. The van der Waals surface area contributed by atoms with Crippen LogP contribution < -0.4 is 0 Å². The molecule has 3 aromatic rings. The average Bonchev–Trinajstić information content (AvgIpc) is 3.49. The van der Waals surface area contributed by atoms with Crippen LogP contribution in [0.1, 0.15) is 31.7 Å². The number of pyridine rings is 2. The fourth-order valence-corrected chi connectivity index (χ4v) is 6.50. The first kappa shape index (κ1) is 24.8. The van der Waals surface area contributed by atoms with Gasteiger partial charge in [0.25, 0.3) is 10.0 Å². The predicted octanol–water partition coefficient (Wildman–Crippen LogP) is 3.64. The molecular formula is C28H28N4O4S. The number of nitrogens with zero attached hydrogens (tertiary/aromatic N) is 4. The molecule has 2 unspecified atom stereocenters. The molecule has 5 rings (SSSR count). The van der Waals surface area contributed by atoms with Gasteiger partial charge in [-0.25, -0.2) is 8.42 Å². The molecule has 0 radical (unpaired) electrons. The standard InChI is InChI=1S/C28H28N4O4S/c1-19(2)14-24(21-7-3-6-20(15-21)22-8-4-11-29-16-22)28(34)31-13-10-25-27(31)26(33)18-32(25)37(35,36)23-9-5-12-30-17-23/h3-12,15-17,19,24,27H,13-14,18H2,1-2H3. The summed E-state index contributed by atoms with van der Waals surface area (Å²) in [7, 11) is -3.96. The fourth-order valence-electron chi connectivity index (χ4n) is 5.05. The van der Waals surface area contributed by atoms with E-state index in [4.69, 9.17) is 0 Å². The van der Waals surface area contributed by atoms with E-state index in [9.17, 15) is 18.0 Å². The monoisotopic (exact) mass is 516 g/mol. The van der Waals surface area contributed by atoms with Gasteiger partial charge in [-0.3, -0.25) is 23.9 Å². The number of benzene rings is 1. The Hall–Kier alpha value is -3.85. The lowest BCUT2D eigenvalue weighted by atomic mass is 9.87. The first-order valence-corrected chi connectivity index (χ1v) is 13.7. The van der Waals surface area contributed by atoms with Crippen molar-refractivity contribution >= 4 is 21.7 Å². The van der Waals surface area contributed by atoms with Crippen molar-refractivity contribution in [3.8, 4) is 11.1 Å². The summed E-state index contributed by atoms with van der Waals surface area (Å²) >= 11 is 0. The van der Waals surface area contributed by atoms with Crippen molar-refractivity contribution in [3.63, 3.8) is 0 Å². The Balaban J connectivity index is 1.44. The minimum absolute atomic E-state index is 0.0130. The Kier molecular flexibility index (Phi) is 6.64. The lowest BCUT2D eigenvalue weighted by molar-refractivity contribution is -0.137. The van der Waals surface area contributed by atoms with Crippen LogP contribution in [-0.4, -0.2) is 58.4 Å². The van der Waals surface area contributed by atoms with Gasteiger partial charge in [0.05, 0.1) is 18.2 Å². The Morgan fingerprint density at radius 2 is 1.76 bits per heavy atom. The molecule has 8 nitrogen and oxygen atoms in total. The van der Waals surface area contributed by atoms with Crippen LogP contribution in [-0.2, 0) is 19.6 Å². The molecule has 2 aliphatic heterocycles. The van der Waals surface area contributed by atoms with Crippen LogP contribution in [0.5, 0.6) is 0 Å². The van der Waals surface area contributed by atoms with E-state index < -0.39 is 22.0 Å². The van der Waals surface area contributed by atoms with Gasteiger partial charge in [-0.1, -0.05) is 44.2 Å². The Morgan fingerprint density at radius 1 is 1.03 bits per heavy atom. The number of carbonyl (C=O) groups is 2. The number of hydrogen-bond donors (Lipinski definition) is 0. The third kappa shape index (κ3) is 4.67. The summed E-state index contributed by atoms with van der Waals surface area (Å²) in [5.41, 5.74) is 3.11. The zero-order chi connectivity index (χ0) is 26.2. The predicted molar refractivity (Wildman–Crippen MR) is 139 cm³/mol. The number of Topliss-reactive ketones (excluding diaryl/α,β-unsaturated/α-hetero) is 1. The highest BCUT2D eigenvalue weighted by atomic mass is 32.2. The number of hydrogen-bond acceptors (Lipinski definition) is 6. The largest absolute Gasteiger partial charge is 0.323 e. The van der Waals surface area contributed by atoms with Gasteiger partial charge in [0.1, 0.15) is 10.9 Å². The third-order valence-corrected chi connectivity index (χ3v) is 8.53. The summed E-state index contributed by atoms with van der Waals surface area (Å²) in [5.74, 6) is -0.729. The van der Waals surface area contributed by atoms with Gasteiger partial charge in [0, 0.05) is 31.3 Å². The maximum Gasteiger partial charge on any atom is 0.266 e. The van der Waals surface area contributed by atoms with E-state index in [-0.39, 0.29) is 35.6 Å². The van der Waals surface area contributed by atoms with Crippen molar-refractivity contribution in [2.45, 2.75) is 37.1 Å². The number of ketones is 1. The van der Waals surface area contributed by atoms with E-state index in [0.29, 0.717) is 12.1 Å². The summed E-state index contributed by atoms with van der Waals surface area (Å²) in [6.07, 6.45) is 8.53. The zero-order valence-electron chi connectivity index (χ0n) is 20.7. The Morgan fingerprint density at radius 3 is 2.43 bits per heavy atom. The summed E-state index contributed by atoms with van der Waals surface area (Å²) in [6, 6.07) is 13.8. The molecule has 1 aromatic carbocycles. The molecule has 37 heavy (non-hydrogen) atoms. The molecule has 0 N–H and O–H groups in total. The van der Waals surface area contributed by atoms with E-state index in [0.717, 1.165) is 21.0 Å². The van der Waals surface area contributed by atoms with E-state index >= 15 is 0 Å². The van der Waals surface area contributed by atoms with E-state index in [2.05, 4.69) is 23.8 Å². The molecule has 2 atom stereocenters. The van der Waals surface area contributed by atoms with Crippen molar-refractivity contribution in [2.24, 2.45) is 5.92 Å². The van der Waals surface area contributed by atoms with Gasteiger partial charge in [-0.15, -0.1) is 0 Å². The number of aromatic nitrogens is 2. The maximum atomic E-state index is 14.0. The zero-order valence-corrected chi connectivity index (χ0v) is 21.5. The summed E-state index contributed by atoms with van der Waals surface area (Å²) in [4.78, 5) is 36.8. The minimum Gasteiger partial charge on any atom is -0.323 e. The molecule has 9 heteroatoms. The lowest BCUT2D eigenvalue weighted by Crippen LogP contribution is -2.43. The van der Waals surface area contributed by atoms with Crippen molar-refractivity contribution in [2.75, 3.05) is 13.1 Å². The normalized spacial score (nSPS) is 18.2. The second kappa shape index (κ2) is 9.89. The van der Waals surface area contributed by atoms with Gasteiger partial charge in [-0.2, -0.15) is 0 Å². The minimum atomic E-state index is -3.96. The quantitative estimate of drug-likeness (QED) is 0.475. The molecule has 1 fully saturated rings. The third-order valence-electron chi connectivity index (χ3n) is 6.78. The van der Waals surface area contributed by atoms with Gasteiger partial charge in [0.2, 0.25) is 5.91 Å². The topological polar surface area (TPSA) is 101 Å². The van der Waals surface area contributed by atoms with Crippen LogP contribution in [0.25, 0.3) is 11.1 Å². The van der Waals surface area contributed by atoms with Crippen molar-refractivity contribution in [1.82, 2.24) is 19.2 Å². The first-order chi connectivity index (χ1) is 17.8. The highest BCUT2D eigenvalue weighted by Gasteiger charge is 2.49. The van der Waals surface area contributed by atoms with E-state index in [1.807, 2.05) is 36.4 Å². The smallest absolute Gasteiger partial charge is 0.266 e. The van der Waals surface area contributed by atoms with Crippen LogP contribution in [0, 0.1) is 5.92 Å². The van der Waals surface area contributed by atoms with Gasteiger partial charge < -0.3 is 4.90 Å². The van der Waals surface area contributed by atoms with Crippen LogP contribution >= 0.6 is 0 Å². The number of carbonyl (C=O) groups excluding carboxylic acids is 2. The van der Waals surface area contributed by atoms with Crippen LogP contribution in [0.2, 0.25) is 0 Å². The van der Waals surface area contributed by atoms with Crippen molar-refractivity contribution in [1.29, 1.82) is 0 Å². The molecule has 1 saturated heterocycles. The molecule has 0 saturated carbocycles. The van der Waals surface area contributed by atoms with Crippen LogP contribution in [0.4, 0.5) is 0 Å². The molecule has 1 amide bonds. The fraction of sp³-hybridized carbons (Fsp3) is 0.286. The molecule has 0 bridgehead atoms. The lowest BCUT2D eigenvalue weighted by Gasteiger charge is -2.29. The van der Waals surface area contributed by atoms with E-state index in [1.165, 1.54) is 29.4 Å². The number of rotatable bonds is 7. The van der Waals surface area contributed by atoms with Gasteiger partial charge in [-0.05, 0) is 53.3 Å². The highest BCUT2D eigenvalue weighted by molar-refractivity contribution is 7.89. The first-order valence-electron chi connectivity index (χ1n) is 12.2. The van der Waals surface area contributed by atoms with Crippen molar-refractivity contribution < 1.29 is 18.0 Å². The van der Waals surface area contributed by atoms with Crippen LogP contribution in [0.15, 0.2) is 90.0 Å². The molecule has 4 heterocycles. The molecular weight excluding hydrogens is 488 g/mol. The maximum absolute atomic E-state index is 14.0. The summed E-state index contributed by atoms with van der Waals surface area (Å²) in [5, 5.41) is 0. The van der Waals surface area contributed by atoms with Crippen molar-refractivity contribution in [3.05, 3.63) is 90.7 Å². The second-order valence-corrected chi connectivity index (χ2v) is 11.6. The molecule has 2 aliphatic rings. The second-order valence-electron chi connectivity index (χ2n) is 9.74. The number of sulfonamides is 1. The molecule has 2 aromatic heterocycles. The SMILES string of the molecule is CC(C)CC(C(=O)N1CC=C2C1C(=O)CN2S(=O)(=O)c1cccnc1)c1cccc(-c2cccnc2)c1. The average molecular weight is 517 g/mol. The molecule has 190 valence electrons. The Labute approximate surface area is 216 Å². The van der Waals surface area contributed by atoms with Gasteiger partial charge in [0.15, 0.2) is 5.78 Å². The number of fused-ring (bicyclic) bond motifs is 1. The van der Waals surface area contributed by atoms with E-state index in [1.54, 1.807) is 18.5 Å². The Bertz CT molecular complexity index is 1460. The summed E-state index contributed by atoms with van der Waals surface area (Å²) in [6.45, 7) is 3.99.